The van der Waals surface area contributed by atoms with Crippen molar-refractivity contribution in [3.63, 3.8) is 0 Å². The molecule has 0 aliphatic carbocycles. The van der Waals surface area contributed by atoms with E-state index < -0.39 is 10.7 Å². The third-order valence-corrected chi connectivity index (χ3v) is 0.898. The van der Waals surface area contributed by atoms with Gasteiger partial charge in [-0.05, 0) is 6.92 Å². The molecule has 0 aliphatic heterocycles. The highest BCUT2D eigenvalue weighted by Crippen LogP contribution is 2.10. The maximum atomic E-state index is 9.84. The number of hydrogen-bond acceptors (Lipinski definition) is 3. The minimum absolute atomic E-state index is 1.16. The molecular formula is C4H4NO2S. The fourth-order valence-corrected chi connectivity index (χ4v) is 0.0456. The summed E-state index contributed by atoms with van der Waals surface area (Å²) < 4.78 is -1.65. The Labute approximate surface area is 52.3 Å². The Morgan fingerprint density at radius 1 is 1.88 bits per heavy atom. The zero-order valence-electron chi connectivity index (χ0n) is 4.21. The van der Waals surface area contributed by atoms with Crippen LogP contribution in [-0.2, 0) is 9.90 Å². The van der Waals surface area contributed by atoms with E-state index in [0.29, 0.717) is 0 Å². The molecule has 43 valence electrons. The molecule has 0 rings (SSSR count). The molecule has 8 heavy (non-hydrogen) atoms. The van der Waals surface area contributed by atoms with E-state index in [9.17, 15) is 9.90 Å². The molecule has 0 aromatic heterocycles. The summed E-state index contributed by atoms with van der Waals surface area (Å²) in [7, 11) is 0. The predicted molar refractivity (Wildman–Crippen MR) is 28.7 cm³/mol. The van der Waals surface area contributed by atoms with Gasteiger partial charge in [0.2, 0.25) is 0 Å². The lowest BCUT2D eigenvalue weighted by Crippen LogP contribution is -2.24. The predicted octanol–water partition coefficient (Wildman–Crippen LogP) is 0.156. The van der Waals surface area contributed by atoms with Gasteiger partial charge in [0.05, 0.1) is 6.07 Å². The van der Waals surface area contributed by atoms with Gasteiger partial charge in [-0.3, -0.25) is 0 Å². The maximum Gasteiger partial charge on any atom is 0.385 e. The van der Waals surface area contributed by atoms with Gasteiger partial charge in [-0.25, -0.2) is 9.90 Å². The number of nitrogens with zero attached hydrogens (tertiary/aromatic N) is 1. The lowest BCUT2D eigenvalue weighted by atomic mass is 10.2. The standard InChI is InChI=1S/C4H4NO2S/c1-4(8,2-5)3(6)7/h8H,1H3. The molecule has 1 atom stereocenters. The largest absolute Gasteiger partial charge is 0.385 e. The molecule has 4 heteroatoms. The molecule has 0 bridgehead atoms. The normalized spacial score (nSPS) is 16.1. The SMILES string of the molecule is CC(S)(C#N)C([O])=O. The summed E-state index contributed by atoms with van der Waals surface area (Å²) in [6.07, 6.45) is 0. The van der Waals surface area contributed by atoms with Gasteiger partial charge in [0.15, 0.2) is 4.75 Å². The van der Waals surface area contributed by atoms with Gasteiger partial charge in [-0.15, -0.1) is 12.6 Å². The van der Waals surface area contributed by atoms with Crippen molar-refractivity contribution >= 4 is 18.6 Å². The van der Waals surface area contributed by atoms with Crippen LogP contribution in [0.1, 0.15) is 6.92 Å². The second-order valence-electron chi connectivity index (χ2n) is 1.47. The number of carbonyl (C=O) groups excluding carboxylic acids is 1. The Kier molecular flexibility index (Phi) is 1.88. The molecule has 0 saturated carbocycles. The highest BCUT2D eigenvalue weighted by molar-refractivity contribution is 7.83. The van der Waals surface area contributed by atoms with E-state index in [1.54, 1.807) is 0 Å². The molecule has 0 amide bonds. The first-order chi connectivity index (χ1) is 3.50. The van der Waals surface area contributed by atoms with Crippen LogP contribution in [0.5, 0.6) is 0 Å². The zero-order chi connectivity index (χ0) is 6.78. The van der Waals surface area contributed by atoms with Crippen molar-refractivity contribution in [3.05, 3.63) is 0 Å². The van der Waals surface area contributed by atoms with E-state index in [-0.39, 0.29) is 0 Å². The van der Waals surface area contributed by atoms with E-state index in [0.717, 1.165) is 6.92 Å². The van der Waals surface area contributed by atoms with Crippen LogP contribution in [0.15, 0.2) is 0 Å². The molecular weight excluding hydrogens is 126 g/mol. The lowest BCUT2D eigenvalue weighted by molar-refractivity contribution is -0.143. The van der Waals surface area contributed by atoms with Crippen molar-refractivity contribution < 1.29 is 9.90 Å². The third kappa shape index (κ3) is 1.43. The monoisotopic (exact) mass is 130 g/mol. The first-order valence-corrected chi connectivity index (χ1v) is 2.30. The Morgan fingerprint density at radius 3 is 2.25 bits per heavy atom. The number of thiol groups is 1. The van der Waals surface area contributed by atoms with Gasteiger partial charge in [-0.2, -0.15) is 5.26 Å². The quantitative estimate of drug-likeness (QED) is 0.514. The summed E-state index contributed by atoms with van der Waals surface area (Å²) >= 11 is 3.46. The summed E-state index contributed by atoms with van der Waals surface area (Å²) in [6, 6.07) is 1.44. The highest BCUT2D eigenvalue weighted by atomic mass is 32.1. The van der Waals surface area contributed by atoms with Crippen LogP contribution in [0.3, 0.4) is 0 Å². The van der Waals surface area contributed by atoms with E-state index in [1.807, 2.05) is 0 Å². The Bertz CT molecular complexity index is 147. The molecule has 3 nitrogen and oxygen atoms in total. The number of rotatable bonds is 1. The van der Waals surface area contributed by atoms with Gasteiger partial charge >= 0.3 is 5.97 Å². The average Bonchev–Trinajstić information content (AvgIpc) is 1.67. The van der Waals surface area contributed by atoms with Gasteiger partial charge in [0, 0.05) is 0 Å². The summed E-state index contributed by atoms with van der Waals surface area (Å²) in [4.78, 5) is 9.84. The molecule has 0 spiro atoms. The van der Waals surface area contributed by atoms with E-state index in [2.05, 4.69) is 12.6 Å². The second-order valence-corrected chi connectivity index (χ2v) is 2.37. The minimum Gasteiger partial charge on any atom is -0.245 e. The maximum absolute atomic E-state index is 9.84. The van der Waals surface area contributed by atoms with Gasteiger partial charge in [0.25, 0.3) is 0 Å². The van der Waals surface area contributed by atoms with Crippen LogP contribution >= 0.6 is 12.6 Å². The Morgan fingerprint density at radius 2 is 2.25 bits per heavy atom. The van der Waals surface area contributed by atoms with E-state index >= 15 is 0 Å². The van der Waals surface area contributed by atoms with Crippen molar-refractivity contribution in [2.24, 2.45) is 0 Å². The summed E-state index contributed by atoms with van der Waals surface area (Å²) in [5.41, 5.74) is 0. The molecule has 0 fully saturated rings. The van der Waals surface area contributed by atoms with Gasteiger partial charge in [0.1, 0.15) is 0 Å². The topological polar surface area (TPSA) is 60.8 Å². The molecule has 0 saturated heterocycles. The second kappa shape index (κ2) is 2.05. The van der Waals surface area contributed by atoms with Crippen LogP contribution in [0.25, 0.3) is 0 Å². The molecule has 0 N–H and O–H groups in total. The Hall–Kier alpha value is -0.690. The van der Waals surface area contributed by atoms with E-state index in [4.69, 9.17) is 5.26 Å². The number of carbonyl (C=O) groups is 1. The summed E-state index contributed by atoms with van der Waals surface area (Å²) in [6.45, 7) is 1.16. The lowest BCUT2D eigenvalue weighted by Gasteiger charge is -2.01. The third-order valence-electron chi connectivity index (χ3n) is 0.615. The number of hydrogen-bond donors (Lipinski definition) is 1. The highest BCUT2D eigenvalue weighted by Gasteiger charge is 2.29. The van der Waals surface area contributed by atoms with Gasteiger partial charge < -0.3 is 0 Å². The fourth-order valence-electron chi connectivity index (χ4n) is 0.0456. The van der Waals surface area contributed by atoms with Crippen LogP contribution in [0.2, 0.25) is 0 Å². The summed E-state index contributed by atoms with van der Waals surface area (Å²) in [5, 5.41) is 17.9. The smallest absolute Gasteiger partial charge is 0.245 e. The first kappa shape index (κ1) is 7.31. The van der Waals surface area contributed by atoms with Crippen LogP contribution < -0.4 is 0 Å². The molecule has 0 aromatic carbocycles. The van der Waals surface area contributed by atoms with Crippen molar-refractivity contribution in [1.29, 1.82) is 5.26 Å². The Balaban J connectivity index is 4.19. The molecule has 1 unspecified atom stereocenters. The molecule has 0 aromatic rings. The van der Waals surface area contributed by atoms with Crippen molar-refractivity contribution in [2.45, 2.75) is 11.7 Å². The molecule has 1 radical (unpaired) electrons. The van der Waals surface area contributed by atoms with Crippen molar-refractivity contribution in [3.8, 4) is 6.07 Å². The number of nitriles is 1. The zero-order valence-corrected chi connectivity index (χ0v) is 5.11. The summed E-state index contributed by atoms with van der Waals surface area (Å²) in [5.74, 6) is -1.47. The average molecular weight is 130 g/mol. The molecule has 0 aliphatic rings. The van der Waals surface area contributed by atoms with Crippen LogP contribution in [0, 0.1) is 11.3 Å². The minimum atomic E-state index is -1.65. The van der Waals surface area contributed by atoms with E-state index in [1.165, 1.54) is 6.07 Å². The van der Waals surface area contributed by atoms with Crippen LogP contribution in [-0.4, -0.2) is 10.7 Å². The molecule has 0 heterocycles. The first-order valence-electron chi connectivity index (χ1n) is 1.86. The fraction of sp³-hybridized carbons (Fsp3) is 0.500. The van der Waals surface area contributed by atoms with Crippen LogP contribution in [0.4, 0.5) is 0 Å². The van der Waals surface area contributed by atoms with Crippen molar-refractivity contribution in [2.75, 3.05) is 0 Å². The van der Waals surface area contributed by atoms with Crippen molar-refractivity contribution in [1.82, 2.24) is 0 Å². The van der Waals surface area contributed by atoms with Gasteiger partial charge in [-0.1, -0.05) is 0 Å².